The summed E-state index contributed by atoms with van der Waals surface area (Å²) in [4.78, 5) is 18.9. The van der Waals surface area contributed by atoms with Crippen molar-refractivity contribution in [3.05, 3.63) is 4.88 Å². The predicted octanol–water partition coefficient (Wildman–Crippen LogP) is 2.17. The van der Waals surface area contributed by atoms with Crippen LogP contribution < -0.4 is 11.1 Å². The fraction of sp³-hybridized carbons (Fsp3) is 0.667. The summed E-state index contributed by atoms with van der Waals surface area (Å²) in [5.74, 6) is 0.348. The molecule has 0 bridgehead atoms. The van der Waals surface area contributed by atoms with Crippen molar-refractivity contribution in [1.82, 2.24) is 9.88 Å². The molecule has 1 fully saturated rings. The number of carbonyl (C=O) groups is 1. The van der Waals surface area contributed by atoms with E-state index < -0.39 is 0 Å². The molecule has 0 unspecified atom stereocenters. The van der Waals surface area contributed by atoms with E-state index >= 15 is 0 Å². The highest BCUT2D eigenvalue weighted by molar-refractivity contribution is 7.18. The van der Waals surface area contributed by atoms with Crippen LogP contribution in [0.2, 0.25) is 0 Å². The van der Waals surface area contributed by atoms with Crippen LogP contribution in [0, 0.1) is 0 Å². The minimum atomic E-state index is -0.00167. The first-order chi connectivity index (χ1) is 8.65. The summed E-state index contributed by atoms with van der Waals surface area (Å²) in [5.41, 5.74) is 5.84. The number of nitrogen functional groups attached to an aromatic ring is 1. The van der Waals surface area contributed by atoms with Crippen LogP contribution in [0.1, 0.15) is 42.8 Å². The average molecular weight is 268 g/mol. The number of aromatic nitrogens is 1. The van der Waals surface area contributed by atoms with Crippen LogP contribution in [-0.2, 0) is 0 Å². The van der Waals surface area contributed by atoms with E-state index in [1.807, 2.05) is 11.8 Å². The molecule has 2 rings (SSSR count). The molecule has 1 aliphatic carbocycles. The molecular weight excluding hydrogens is 248 g/mol. The van der Waals surface area contributed by atoms with Gasteiger partial charge >= 0.3 is 0 Å². The largest absolute Gasteiger partial charge is 0.382 e. The quantitative estimate of drug-likeness (QED) is 0.829. The number of nitrogens with zero attached hydrogens (tertiary/aromatic N) is 2. The zero-order valence-electron chi connectivity index (χ0n) is 10.9. The third-order valence-corrected chi connectivity index (χ3v) is 3.91. The van der Waals surface area contributed by atoms with Crippen LogP contribution in [-0.4, -0.2) is 34.9 Å². The topological polar surface area (TPSA) is 71.2 Å². The molecule has 0 aromatic carbocycles. The molecule has 3 N–H and O–H groups in total. The molecule has 1 aromatic rings. The van der Waals surface area contributed by atoms with Gasteiger partial charge in [0.2, 0.25) is 0 Å². The summed E-state index contributed by atoms with van der Waals surface area (Å²) in [7, 11) is 0. The second-order valence-electron chi connectivity index (χ2n) is 4.54. The van der Waals surface area contributed by atoms with Crippen LogP contribution in [0.5, 0.6) is 0 Å². The maximum atomic E-state index is 12.3. The van der Waals surface area contributed by atoms with Crippen LogP contribution >= 0.6 is 11.3 Å². The highest BCUT2D eigenvalue weighted by Crippen LogP contribution is 2.31. The molecule has 0 atom stereocenters. The molecule has 1 aliphatic rings. The molecule has 100 valence electrons. The lowest BCUT2D eigenvalue weighted by molar-refractivity contribution is 0.0770. The van der Waals surface area contributed by atoms with Gasteiger partial charge in [-0.15, -0.1) is 0 Å². The maximum absolute atomic E-state index is 12.3. The van der Waals surface area contributed by atoms with Gasteiger partial charge in [-0.25, -0.2) is 4.98 Å². The van der Waals surface area contributed by atoms with Crippen LogP contribution in [0.4, 0.5) is 10.9 Å². The number of anilines is 2. The summed E-state index contributed by atoms with van der Waals surface area (Å²) < 4.78 is 0. The molecule has 1 aromatic heterocycles. The third-order valence-electron chi connectivity index (χ3n) is 2.92. The van der Waals surface area contributed by atoms with Crippen molar-refractivity contribution >= 4 is 28.2 Å². The molecule has 18 heavy (non-hydrogen) atoms. The Labute approximate surface area is 111 Å². The number of carbonyl (C=O) groups excluding carboxylic acids is 1. The molecule has 0 spiro atoms. The summed E-state index contributed by atoms with van der Waals surface area (Å²) in [6, 6.07) is 0.524. The van der Waals surface area contributed by atoms with Crippen molar-refractivity contribution in [2.24, 2.45) is 0 Å². The number of amides is 1. The van der Waals surface area contributed by atoms with E-state index in [0.717, 1.165) is 18.1 Å². The molecule has 0 saturated heterocycles. The number of thiazole rings is 1. The summed E-state index contributed by atoms with van der Waals surface area (Å²) in [6.45, 7) is 5.51. The van der Waals surface area contributed by atoms with Gasteiger partial charge in [0.15, 0.2) is 5.13 Å². The van der Waals surface area contributed by atoms with E-state index in [1.54, 1.807) is 0 Å². The lowest BCUT2D eigenvalue weighted by atomic mass is 10.3. The third kappa shape index (κ3) is 2.93. The SMILES string of the molecule is CCCN(CC)C(=O)c1sc(NC2CC2)nc1N. The Morgan fingerprint density at radius 1 is 1.56 bits per heavy atom. The van der Waals surface area contributed by atoms with Gasteiger partial charge in [0.05, 0.1) is 0 Å². The summed E-state index contributed by atoms with van der Waals surface area (Å²) in [5, 5.41) is 4.05. The Balaban J connectivity index is 2.10. The monoisotopic (exact) mass is 268 g/mol. The van der Waals surface area contributed by atoms with Gasteiger partial charge in [-0.2, -0.15) is 0 Å². The van der Waals surface area contributed by atoms with Gasteiger partial charge in [0.25, 0.3) is 5.91 Å². The van der Waals surface area contributed by atoms with E-state index in [0.29, 0.717) is 23.3 Å². The van der Waals surface area contributed by atoms with E-state index in [4.69, 9.17) is 5.73 Å². The number of rotatable bonds is 6. The molecule has 5 nitrogen and oxygen atoms in total. The average Bonchev–Trinajstić information content (AvgIpc) is 3.08. The van der Waals surface area contributed by atoms with Crippen molar-refractivity contribution in [1.29, 1.82) is 0 Å². The Morgan fingerprint density at radius 3 is 2.83 bits per heavy atom. The summed E-state index contributed by atoms with van der Waals surface area (Å²) >= 11 is 1.37. The number of nitrogens with one attached hydrogen (secondary N) is 1. The van der Waals surface area contributed by atoms with E-state index in [-0.39, 0.29) is 5.91 Å². The standard InChI is InChI=1S/C12H20N4OS/c1-3-7-16(4-2)11(17)9-10(13)15-12(18-9)14-8-5-6-8/h8H,3-7,13H2,1-2H3,(H,14,15). The lowest BCUT2D eigenvalue weighted by Gasteiger charge is -2.18. The summed E-state index contributed by atoms with van der Waals surface area (Å²) in [6.07, 6.45) is 3.31. The fourth-order valence-electron chi connectivity index (χ4n) is 1.77. The van der Waals surface area contributed by atoms with Crippen molar-refractivity contribution < 1.29 is 4.79 Å². The van der Waals surface area contributed by atoms with Crippen molar-refractivity contribution in [3.63, 3.8) is 0 Å². The highest BCUT2D eigenvalue weighted by atomic mass is 32.1. The fourth-order valence-corrected chi connectivity index (χ4v) is 2.70. The zero-order chi connectivity index (χ0) is 13.1. The molecule has 1 heterocycles. The van der Waals surface area contributed by atoms with Gasteiger partial charge in [-0.05, 0) is 26.2 Å². The zero-order valence-corrected chi connectivity index (χ0v) is 11.7. The molecule has 1 amide bonds. The molecular formula is C12H20N4OS. The second-order valence-corrected chi connectivity index (χ2v) is 5.54. The minimum Gasteiger partial charge on any atom is -0.382 e. The Morgan fingerprint density at radius 2 is 2.28 bits per heavy atom. The Hall–Kier alpha value is -1.30. The van der Waals surface area contributed by atoms with Gasteiger partial charge < -0.3 is 16.0 Å². The Bertz CT molecular complexity index is 428. The molecule has 0 radical (unpaired) electrons. The first-order valence-electron chi connectivity index (χ1n) is 6.47. The number of hydrogen-bond donors (Lipinski definition) is 2. The first kappa shape index (κ1) is 13.1. The Kier molecular flexibility index (Phi) is 4.06. The van der Waals surface area contributed by atoms with Crippen molar-refractivity contribution in [2.75, 3.05) is 24.1 Å². The van der Waals surface area contributed by atoms with Crippen LogP contribution in [0.3, 0.4) is 0 Å². The van der Waals surface area contributed by atoms with E-state index in [9.17, 15) is 4.79 Å². The van der Waals surface area contributed by atoms with E-state index in [1.165, 1.54) is 24.2 Å². The predicted molar refractivity (Wildman–Crippen MR) is 75.0 cm³/mol. The molecule has 1 saturated carbocycles. The molecule has 6 heteroatoms. The minimum absolute atomic E-state index is 0.00167. The maximum Gasteiger partial charge on any atom is 0.267 e. The van der Waals surface area contributed by atoms with Gasteiger partial charge in [0.1, 0.15) is 10.7 Å². The van der Waals surface area contributed by atoms with E-state index in [2.05, 4.69) is 17.2 Å². The van der Waals surface area contributed by atoms with Crippen molar-refractivity contribution in [2.45, 2.75) is 39.2 Å². The number of hydrogen-bond acceptors (Lipinski definition) is 5. The lowest BCUT2D eigenvalue weighted by Crippen LogP contribution is -2.31. The van der Waals surface area contributed by atoms with Crippen LogP contribution in [0.15, 0.2) is 0 Å². The van der Waals surface area contributed by atoms with Gasteiger partial charge in [-0.3, -0.25) is 4.79 Å². The van der Waals surface area contributed by atoms with Gasteiger partial charge in [-0.1, -0.05) is 18.3 Å². The van der Waals surface area contributed by atoms with Crippen LogP contribution in [0.25, 0.3) is 0 Å². The first-order valence-corrected chi connectivity index (χ1v) is 7.29. The van der Waals surface area contributed by atoms with Crippen molar-refractivity contribution in [3.8, 4) is 0 Å². The smallest absolute Gasteiger partial charge is 0.267 e. The molecule has 0 aliphatic heterocycles. The van der Waals surface area contributed by atoms with Gasteiger partial charge in [0, 0.05) is 19.1 Å². The highest BCUT2D eigenvalue weighted by Gasteiger charge is 2.25. The normalized spacial score (nSPS) is 14.6. The second kappa shape index (κ2) is 5.56. The number of nitrogens with two attached hydrogens (primary N) is 1.